The quantitative estimate of drug-likeness (QED) is 0.105. The Morgan fingerprint density at radius 1 is 0.863 bits per heavy atom. The van der Waals surface area contributed by atoms with Gasteiger partial charge in [-0.15, -0.1) is 11.3 Å². The van der Waals surface area contributed by atoms with E-state index in [0.717, 1.165) is 71.4 Å². The van der Waals surface area contributed by atoms with Gasteiger partial charge in [-0.3, -0.25) is 14.6 Å². The van der Waals surface area contributed by atoms with Gasteiger partial charge in [-0.1, -0.05) is 53.7 Å². The van der Waals surface area contributed by atoms with Crippen LogP contribution in [0.4, 0.5) is 16.2 Å². The third kappa shape index (κ3) is 10.2. The van der Waals surface area contributed by atoms with E-state index in [1.54, 1.807) is 11.3 Å². The molecule has 0 bridgehead atoms. The number of urea groups is 1. The summed E-state index contributed by atoms with van der Waals surface area (Å²) < 4.78 is 0. The number of hydrogen-bond acceptors (Lipinski definition) is 8. The lowest BCUT2D eigenvalue weighted by Gasteiger charge is -2.33. The number of benzene rings is 3. The summed E-state index contributed by atoms with van der Waals surface area (Å²) in [5.41, 5.74) is 10.6. The van der Waals surface area contributed by atoms with Crippen LogP contribution in [0.25, 0.3) is 10.6 Å². The number of carbonyl (C=O) groups excluding carboxylic acids is 2. The SMILES string of the molecule is Cc1ccc(NC(=O)Nc2ccc(-c3nc(CN4CCN(CC(=O)N/N=C/c5cc(C(C)(C)C)cc(C(C)(C)C)c5O)CC4)cs3)cc2)cc1C. The van der Waals surface area contributed by atoms with Gasteiger partial charge in [0.15, 0.2) is 0 Å². The lowest BCUT2D eigenvalue weighted by atomic mass is 9.79. The number of nitrogens with zero attached hydrogens (tertiary/aromatic N) is 4. The maximum absolute atomic E-state index is 12.7. The number of phenols is 1. The summed E-state index contributed by atoms with van der Waals surface area (Å²) in [6.07, 6.45) is 1.54. The molecule has 51 heavy (non-hydrogen) atoms. The second-order valence-corrected chi connectivity index (χ2v) is 16.3. The first-order valence-electron chi connectivity index (χ1n) is 17.4. The van der Waals surface area contributed by atoms with E-state index >= 15 is 0 Å². The van der Waals surface area contributed by atoms with Crippen LogP contribution in [0.3, 0.4) is 0 Å². The Morgan fingerprint density at radius 3 is 2.16 bits per heavy atom. The summed E-state index contributed by atoms with van der Waals surface area (Å²) in [5, 5.41) is 24.0. The highest BCUT2D eigenvalue weighted by Gasteiger charge is 2.25. The number of amides is 3. The van der Waals surface area contributed by atoms with Gasteiger partial charge in [0.2, 0.25) is 0 Å². The van der Waals surface area contributed by atoms with Crippen molar-refractivity contribution in [3.05, 3.63) is 93.5 Å². The number of aromatic nitrogens is 1. The van der Waals surface area contributed by atoms with Gasteiger partial charge in [0.25, 0.3) is 5.91 Å². The molecule has 0 aliphatic carbocycles. The summed E-state index contributed by atoms with van der Waals surface area (Å²) in [6.45, 7) is 20.9. The Morgan fingerprint density at radius 2 is 1.51 bits per heavy atom. The Balaban J connectivity index is 1.07. The van der Waals surface area contributed by atoms with E-state index in [0.29, 0.717) is 11.3 Å². The number of hydrazone groups is 1. The van der Waals surface area contributed by atoms with E-state index < -0.39 is 0 Å². The molecule has 3 aromatic carbocycles. The number of aryl methyl sites for hydroxylation is 2. The van der Waals surface area contributed by atoms with Crippen molar-refractivity contribution in [2.24, 2.45) is 5.10 Å². The summed E-state index contributed by atoms with van der Waals surface area (Å²) in [4.78, 5) is 34.6. The maximum atomic E-state index is 12.7. The van der Waals surface area contributed by atoms with Crippen LogP contribution in [-0.4, -0.2) is 70.8 Å². The second kappa shape index (κ2) is 15.8. The molecule has 2 heterocycles. The fourth-order valence-electron chi connectivity index (χ4n) is 5.83. The molecular formula is C40H51N7O3S. The van der Waals surface area contributed by atoms with Crippen LogP contribution in [0, 0.1) is 13.8 Å². The monoisotopic (exact) mass is 709 g/mol. The molecule has 11 heteroatoms. The molecular weight excluding hydrogens is 659 g/mol. The highest BCUT2D eigenvalue weighted by molar-refractivity contribution is 7.13. The Kier molecular flexibility index (Phi) is 11.6. The fourth-order valence-corrected chi connectivity index (χ4v) is 6.64. The van der Waals surface area contributed by atoms with Gasteiger partial charge in [0.05, 0.1) is 18.5 Å². The first-order chi connectivity index (χ1) is 24.0. The van der Waals surface area contributed by atoms with E-state index in [2.05, 4.69) is 83.9 Å². The minimum atomic E-state index is -0.287. The molecule has 1 aliphatic rings. The minimum Gasteiger partial charge on any atom is -0.507 e. The number of nitrogens with one attached hydrogen (secondary N) is 3. The Hall–Kier alpha value is -4.58. The van der Waals surface area contributed by atoms with Gasteiger partial charge in [0.1, 0.15) is 10.8 Å². The number of phenolic OH excluding ortho intramolecular Hbond substituents is 1. The topological polar surface area (TPSA) is 122 Å². The summed E-state index contributed by atoms with van der Waals surface area (Å²) in [7, 11) is 0. The third-order valence-corrected chi connectivity index (χ3v) is 10.1. The van der Waals surface area contributed by atoms with Crippen LogP contribution in [0.5, 0.6) is 5.75 Å². The predicted molar refractivity (Wildman–Crippen MR) is 209 cm³/mol. The number of hydrogen-bond donors (Lipinski definition) is 4. The molecule has 0 atom stereocenters. The zero-order chi connectivity index (χ0) is 36.9. The van der Waals surface area contributed by atoms with Crippen molar-refractivity contribution in [1.82, 2.24) is 20.2 Å². The summed E-state index contributed by atoms with van der Waals surface area (Å²) in [6, 6.07) is 17.3. The maximum Gasteiger partial charge on any atom is 0.323 e. The number of carbonyl (C=O) groups is 2. The van der Waals surface area contributed by atoms with Crippen LogP contribution in [0.1, 0.15) is 75.1 Å². The van der Waals surface area contributed by atoms with Gasteiger partial charge in [-0.05, 0) is 83.8 Å². The molecule has 4 N–H and O–H groups in total. The molecule has 0 saturated carbocycles. The predicted octanol–water partition coefficient (Wildman–Crippen LogP) is 7.64. The van der Waals surface area contributed by atoms with Crippen LogP contribution in [0.2, 0.25) is 0 Å². The smallest absolute Gasteiger partial charge is 0.323 e. The van der Waals surface area contributed by atoms with Gasteiger partial charge in [-0.2, -0.15) is 5.10 Å². The van der Waals surface area contributed by atoms with Crippen molar-refractivity contribution in [1.29, 1.82) is 0 Å². The normalized spacial score (nSPS) is 14.5. The Bertz CT molecular complexity index is 1880. The third-order valence-electron chi connectivity index (χ3n) is 9.13. The van der Waals surface area contributed by atoms with Crippen molar-refractivity contribution in [2.75, 3.05) is 43.4 Å². The number of anilines is 2. The number of piperazine rings is 1. The van der Waals surface area contributed by atoms with Crippen LogP contribution in [0.15, 0.2) is 65.1 Å². The van der Waals surface area contributed by atoms with E-state index in [1.807, 2.05) is 62.4 Å². The highest BCUT2D eigenvalue weighted by atomic mass is 32.1. The van der Waals surface area contributed by atoms with Crippen molar-refractivity contribution in [3.8, 4) is 16.3 Å². The summed E-state index contributed by atoms with van der Waals surface area (Å²) in [5.74, 6) is 0.00677. The molecule has 4 aromatic rings. The first kappa shape index (κ1) is 37.7. The van der Waals surface area contributed by atoms with Gasteiger partial charge in [0, 0.05) is 66.2 Å². The van der Waals surface area contributed by atoms with E-state index in [1.165, 1.54) is 11.8 Å². The zero-order valence-electron chi connectivity index (χ0n) is 31.1. The standard InChI is InChI=1S/C40H51N7O3S/c1-26-9-12-32(19-27(26)2)44-38(50)43-31-13-10-28(11-14-31)37-42-33(25-51-37)23-46-15-17-47(18-16-46)24-35(48)45-41-22-29-20-30(39(3,4)5)21-34(36(29)49)40(6,7)8/h9-14,19-22,25,49H,15-18,23-24H2,1-8H3,(H,45,48)(H2,43,44,50)/b41-22+. The molecule has 0 radical (unpaired) electrons. The molecule has 1 fully saturated rings. The van der Waals surface area contributed by atoms with Crippen molar-refractivity contribution < 1.29 is 14.7 Å². The molecule has 1 aliphatic heterocycles. The average Bonchev–Trinajstić information content (AvgIpc) is 3.52. The molecule has 270 valence electrons. The fraction of sp³-hybridized carbons (Fsp3) is 0.400. The molecule has 0 spiro atoms. The minimum absolute atomic E-state index is 0.0997. The molecule has 1 aromatic heterocycles. The van der Waals surface area contributed by atoms with Crippen LogP contribution >= 0.6 is 11.3 Å². The first-order valence-corrected chi connectivity index (χ1v) is 18.3. The highest BCUT2D eigenvalue weighted by Crippen LogP contribution is 2.37. The van der Waals surface area contributed by atoms with Crippen molar-refractivity contribution >= 4 is 40.9 Å². The van der Waals surface area contributed by atoms with Gasteiger partial charge >= 0.3 is 6.03 Å². The van der Waals surface area contributed by atoms with E-state index in [9.17, 15) is 14.7 Å². The largest absolute Gasteiger partial charge is 0.507 e. The lowest BCUT2D eigenvalue weighted by molar-refractivity contribution is -0.122. The molecule has 10 nitrogen and oxygen atoms in total. The van der Waals surface area contributed by atoms with Gasteiger partial charge < -0.3 is 15.7 Å². The molecule has 3 amide bonds. The average molecular weight is 710 g/mol. The van der Waals surface area contributed by atoms with Gasteiger partial charge in [-0.25, -0.2) is 15.2 Å². The zero-order valence-corrected chi connectivity index (χ0v) is 31.9. The number of aromatic hydroxyl groups is 1. The molecule has 1 saturated heterocycles. The van der Waals surface area contributed by atoms with Crippen LogP contribution in [-0.2, 0) is 22.2 Å². The van der Waals surface area contributed by atoms with Crippen LogP contribution < -0.4 is 16.1 Å². The molecule has 0 unspecified atom stereocenters. The Labute approximate surface area is 306 Å². The number of thiazole rings is 1. The number of rotatable bonds is 9. The lowest BCUT2D eigenvalue weighted by Crippen LogP contribution is -2.48. The second-order valence-electron chi connectivity index (χ2n) is 15.4. The van der Waals surface area contributed by atoms with E-state index in [4.69, 9.17) is 4.98 Å². The van der Waals surface area contributed by atoms with Crippen molar-refractivity contribution in [2.45, 2.75) is 72.8 Å². The summed E-state index contributed by atoms with van der Waals surface area (Å²) >= 11 is 1.60. The van der Waals surface area contributed by atoms with Crippen molar-refractivity contribution in [3.63, 3.8) is 0 Å². The van der Waals surface area contributed by atoms with E-state index in [-0.39, 0.29) is 35.1 Å². The molecule has 5 rings (SSSR count).